The SMILES string of the molecule is CCCC[S+]([O-])c1cc2c(-c3ccccc3)cc(-c3ccccc3)nc2s1. The molecule has 1 unspecified atom stereocenters. The second kappa shape index (κ2) is 8.26. The molecular formula is C23H21NOS2. The van der Waals surface area contributed by atoms with Crippen LogP contribution in [0.5, 0.6) is 0 Å². The molecule has 0 fully saturated rings. The number of fused-ring (bicyclic) bond motifs is 1. The molecule has 0 aliphatic rings. The summed E-state index contributed by atoms with van der Waals surface area (Å²) in [4.78, 5) is 5.85. The molecular weight excluding hydrogens is 370 g/mol. The van der Waals surface area contributed by atoms with Crippen molar-refractivity contribution in [3.05, 3.63) is 72.8 Å². The van der Waals surface area contributed by atoms with Gasteiger partial charge < -0.3 is 4.55 Å². The number of nitrogens with zero attached hydrogens (tertiary/aromatic N) is 1. The van der Waals surface area contributed by atoms with E-state index in [1.807, 2.05) is 24.3 Å². The summed E-state index contributed by atoms with van der Waals surface area (Å²) in [5, 5.41) is 1.09. The van der Waals surface area contributed by atoms with E-state index in [-0.39, 0.29) is 0 Å². The van der Waals surface area contributed by atoms with Crippen molar-refractivity contribution in [2.24, 2.45) is 0 Å². The van der Waals surface area contributed by atoms with Gasteiger partial charge in [-0.25, -0.2) is 4.98 Å². The molecule has 0 saturated heterocycles. The number of benzene rings is 2. The average molecular weight is 392 g/mol. The molecule has 27 heavy (non-hydrogen) atoms. The predicted octanol–water partition coefficient (Wildman–Crippen LogP) is 6.54. The minimum Gasteiger partial charge on any atom is -0.611 e. The van der Waals surface area contributed by atoms with Crippen molar-refractivity contribution in [3.8, 4) is 22.4 Å². The molecule has 0 radical (unpaired) electrons. The van der Waals surface area contributed by atoms with E-state index in [0.717, 1.165) is 55.4 Å². The van der Waals surface area contributed by atoms with Crippen LogP contribution < -0.4 is 0 Å². The van der Waals surface area contributed by atoms with Crippen molar-refractivity contribution < 1.29 is 4.55 Å². The molecule has 0 aliphatic heterocycles. The molecule has 0 N–H and O–H groups in total. The maximum absolute atomic E-state index is 12.7. The fraction of sp³-hybridized carbons (Fsp3) is 0.174. The van der Waals surface area contributed by atoms with Crippen LogP contribution >= 0.6 is 11.3 Å². The van der Waals surface area contributed by atoms with E-state index in [1.165, 1.54) is 0 Å². The quantitative estimate of drug-likeness (QED) is 0.350. The number of unbranched alkanes of at least 4 members (excludes halogenated alkanes) is 1. The van der Waals surface area contributed by atoms with Crippen LogP contribution in [0.15, 0.2) is 77.0 Å². The minimum atomic E-state index is -0.953. The standard InChI is InChI=1S/C23H21NOS2/c1-2-3-14-27(25)22-16-20-19(17-10-6-4-7-11-17)15-21(24-23(20)26-22)18-12-8-5-9-13-18/h4-13,15-16H,2-3,14H2,1H3. The van der Waals surface area contributed by atoms with Crippen LogP contribution in [0.3, 0.4) is 0 Å². The fourth-order valence-corrected chi connectivity index (χ4v) is 5.74. The fourth-order valence-electron chi connectivity index (χ4n) is 3.09. The first-order chi connectivity index (χ1) is 13.3. The Morgan fingerprint density at radius 2 is 1.59 bits per heavy atom. The van der Waals surface area contributed by atoms with Crippen LogP contribution in [-0.4, -0.2) is 15.3 Å². The zero-order chi connectivity index (χ0) is 18.6. The molecule has 136 valence electrons. The monoisotopic (exact) mass is 391 g/mol. The maximum Gasteiger partial charge on any atom is 0.209 e. The van der Waals surface area contributed by atoms with Crippen LogP contribution in [0.1, 0.15) is 19.8 Å². The highest BCUT2D eigenvalue weighted by atomic mass is 32.2. The van der Waals surface area contributed by atoms with Gasteiger partial charge in [-0.3, -0.25) is 0 Å². The average Bonchev–Trinajstić information content (AvgIpc) is 3.17. The number of aromatic nitrogens is 1. The molecule has 0 spiro atoms. The van der Waals surface area contributed by atoms with Gasteiger partial charge in [-0.15, -0.1) is 0 Å². The van der Waals surface area contributed by atoms with Crippen LogP contribution in [0.4, 0.5) is 0 Å². The topological polar surface area (TPSA) is 36.0 Å². The van der Waals surface area contributed by atoms with Gasteiger partial charge in [0, 0.05) is 17.0 Å². The van der Waals surface area contributed by atoms with E-state index in [2.05, 4.69) is 55.5 Å². The number of thiophene rings is 1. The Kier molecular flexibility index (Phi) is 5.58. The van der Waals surface area contributed by atoms with E-state index >= 15 is 0 Å². The summed E-state index contributed by atoms with van der Waals surface area (Å²) in [7, 11) is 0. The lowest BCUT2D eigenvalue weighted by Crippen LogP contribution is -2.04. The number of hydrogen-bond acceptors (Lipinski definition) is 3. The van der Waals surface area contributed by atoms with E-state index in [9.17, 15) is 4.55 Å². The van der Waals surface area contributed by atoms with E-state index in [4.69, 9.17) is 4.98 Å². The zero-order valence-electron chi connectivity index (χ0n) is 15.2. The first-order valence-electron chi connectivity index (χ1n) is 9.20. The molecule has 0 amide bonds. The first-order valence-corrected chi connectivity index (χ1v) is 11.3. The molecule has 2 aromatic carbocycles. The molecule has 0 saturated carbocycles. The zero-order valence-corrected chi connectivity index (χ0v) is 16.9. The molecule has 2 heterocycles. The lowest BCUT2D eigenvalue weighted by Gasteiger charge is -2.07. The van der Waals surface area contributed by atoms with E-state index in [0.29, 0.717) is 0 Å². The Labute approximate surface area is 167 Å². The van der Waals surface area contributed by atoms with Crippen molar-refractivity contribution in [3.63, 3.8) is 0 Å². The molecule has 0 bridgehead atoms. The molecule has 0 aliphatic carbocycles. The third-order valence-electron chi connectivity index (χ3n) is 4.55. The first kappa shape index (κ1) is 18.2. The highest BCUT2D eigenvalue weighted by molar-refractivity contribution is 7.93. The lowest BCUT2D eigenvalue weighted by molar-refractivity contribution is 0.593. The Morgan fingerprint density at radius 1 is 0.926 bits per heavy atom. The third-order valence-corrected chi connectivity index (χ3v) is 7.40. The van der Waals surface area contributed by atoms with Gasteiger partial charge >= 0.3 is 0 Å². The Balaban J connectivity index is 1.88. The largest absolute Gasteiger partial charge is 0.611 e. The third kappa shape index (κ3) is 3.93. The van der Waals surface area contributed by atoms with Crippen molar-refractivity contribution in [2.75, 3.05) is 5.75 Å². The van der Waals surface area contributed by atoms with E-state index < -0.39 is 11.2 Å². The van der Waals surface area contributed by atoms with Crippen LogP contribution in [0.25, 0.3) is 32.6 Å². The smallest absolute Gasteiger partial charge is 0.209 e. The lowest BCUT2D eigenvalue weighted by atomic mass is 10.0. The molecule has 2 aromatic heterocycles. The molecule has 4 heteroatoms. The summed E-state index contributed by atoms with van der Waals surface area (Å²) in [6.45, 7) is 2.13. The summed E-state index contributed by atoms with van der Waals surface area (Å²) < 4.78 is 13.6. The molecule has 4 rings (SSSR count). The summed E-state index contributed by atoms with van der Waals surface area (Å²) in [6, 6.07) is 24.8. The number of rotatable bonds is 6. The van der Waals surface area contributed by atoms with Crippen molar-refractivity contribution in [1.82, 2.24) is 4.98 Å². The van der Waals surface area contributed by atoms with Gasteiger partial charge in [0.2, 0.25) is 4.21 Å². The van der Waals surface area contributed by atoms with Crippen molar-refractivity contribution >= 4 is 32.7 Å². The van der Waals surface area contributed by atoms with Gasteiger partial charge in [-0.05, 0) is 34.8 Å². The van der Waals surface area contributed by atoms with Crippen LogP contribution in [0, 0.1) is 0 Å². The molecule has 4 aromatic rings. The van der Waals surface area contributed by atoms with E-state index in [1.54, 1.807) is 11.3 Å². The van der Waals surface area contributed by atoms with Gasteiger partial charge in [-0.1, -0.05) is 85.3 Å². The van der Waals surface area contributed by atoms with Crippen molar-refractivity contribution in [1.29, 1.82) is 0 Å². The van der Waals surface area contributed by atoms with Gasteiger partial charge in [0.05, 0.1) is 5.69 Å². The van der Waals surface area contributed by atoms with Gasteiger partial charge in [0.25, 0.3) is 0 Å². The van der Waals surface area contributed by atoms with Gasteiger partial charge in [-0.2, -0.15) is 0 Å². The minimum absolute atomic E-state index is 0.718. The normalized spacial score (nSPS) is 12.4. The molecule has 2 nitrogen and oxygen atoms in total. The second-order valence-electron chi connectivity index (χ2n) is 6.47. The Morgan fingerprint density at radius 3 is 2.26 bits per heavy atom. The highest BCUT2D eigenvalue weighted by Crippen LogP contribution is 2.38. The summed E-state index contributed by atoms with van der Waals surface area (Å²) in [6.07, 6.45) is 2.04. The summed E-state index contributed by atoms with van der Waals surface area (Å²) in [5.41, 5.74) is 4.36. The van der Waals surface area contributed by atoms with Crippen molar-refractivity contribution in [2.45, 2.75) is 24.0 Å². The summed E-state index contributed by atoms with van der Waals surface area (Å²) >= 11 is 0.609. The van der Waals surface area contributed by atoms with Crippen LogP contribution in [0.2, 0.25) is 0 Å². The van der Waals surface area contributed by atoms with Gasteiger partial charge in [0.1, 0.15) is 10.6 Å². The number of hydrogen-bond donors (Lipinski definition) is 0. The van der Waals surface area contributed by atoms with Gasteiger partial charge in [0.15, 0.2) is 0 Å². The highest BCUT2D eigenvalue weighted by Gasteiger charge is 2.19. The number of pyridine rings is 1. The summed E-state index contributed by atoms with van der Waals surface area (Å²) in [5.74, 6) is 0.718. The maximum atomic E-state index is 12.7. The predicted molar refractivity (Wildman–Crippen MR) is 117 cm³/mol. The Hall–Kier alpha value is -2.14. The van der Waals surface area contributed by atoms with Crippen LogP contribution in [-0.2, 0) is 11.2 Å². The Bertz CT molecular complexity index is 1030. The molecule has 1 atom stereocenters. The second-order valence-corrected chi connectivity index (χ2v) is 9.30.